The number of aryl methyl sites for hydroxylation is 2. The maximum absolute atomic E-state index is 12.7. The molecule has 0 atom stereocenters. The van der Waals surface area contributed by atoms with Crippen LogP contribution in [0.15, 0.2) is 33.6 Å². The lowest BCUT2D eigenvalue weighted by Gasteiger charge is -2.30. The van der Waals surface area contributed by atoms with Gasteiger partial charge in [-0.3, -0.25) is 9.59 Å². The summed E-state index contributed by atoms with van der Waals surface area (Å²) < 4.78 is 6.31. The molecule has 2 aromatic heterocycles. The Morgan fingerprint density at radius 1 is 1.19 bits per heavy atom. The predicted molar refractivity (Wildman–Crippen MR) is 98.3 cm³/mol. The van der Waals surface area contributed by atoms with E-state index >= 15 is 0 Å². The molecule has 3 aromatic rings. The lowest BCUT2D eigenvalue weighted by atomic mass is 9.96. The van der Waals surface area contributed by atoms with Crippen LogP contribution in [0.4, 0.5) is 0 Å². The van der Waals surface area contributed by atoms with Gasteiger partial charge in [-0.25, -0.2) is 4.68 Å². The van der Waals surface area contributed by atoms with Gasteiger partial charge in [0, 0.05) is 31.3 Å². The molecule has 0 unspecified atom stereocenters. The monoisotopic (exact) mass is 367 g/mol. The third-order valence-electron chi connectivity index (χ3n) is 5.09. The SMILES string of the molecule is Cc1nc(C2CCN(C(=O)Cn3nc(C)c4ccccc4c3=O)CC2)no1. The van der Waals surface area contributed by atoms with Gasteiger partial charge >= 0.3 is 0 Å². The molecule has 1 aromatic carbocycles. The highest BCUT2D eigenvalue weighted by atomic mass is 16.5. The number of benzene rings is 1. The minimum atomic E-state index is -0.235. The van der Waals surface area contributed by atoms with Crippen molar-refractivity contribution in [2.75, 3.05) is 13.1 Å². The molecule has 0 aliphatic carbocycles. The van der Waals surface area contributed by atoms with Crippen LogP contribution >= 0.6 is 0 Å². The van der Waals surface area contributed by atoms with Crippen molar-refractivity contribution >= 4 is 16.7 Å². The number of rotatable bonds is 3. The van der Waals surface area contributed by atoms with Crippen molar-refractivity contribution in [1.29, 1.82) is 0 Å². The van der Waals surface area contributed by atoms with E-state index in [0.717, 1.165) is 23.9 Å². The Kier molecular flexibility index (Phi) is 4.47. The fraction of sp³-hybridized carbons (Fsp3) is 0.421. The number of amides is 1. The summed E-state index contributed by atoms with van der Waals surface area (Å²) in [6, 6.07) is 7.34. The van der Waals surface area contributed by atoms with E-state index in [9.17, 15) is 9.59 Å². The zero-order chi connectivity index (χ0) is 19.0. The molecule has 140 valence electrons. The fourth-order valence-corrected chi connectivity index (χ4v) is 3.61. The minimum absolute atomic E-state index is 0.0451. The second-order valence-electron chi connectivity index (χ2n) is 6.92. The zero-order valence-corrected chi connectivity index (χ0v) is 15.4. The van der Waals surface area contributed by atoms with Gasteiger partial charge in [-0.15, -0.1) is 0 Å². The first-order valence-electron chi connectivity index (χ1n) is 9.07. The molecule has 0 spiro atoms. The van der Waals surface area contributed by atoms with Crippen LogP contribution in [0.5, 0.6) is 0 Å². The molecule has 1 aliphatic rings. The Balaban J connectivity index is 1.46. The van der Waals surface area contributed by atoms with Gasteiger partial charge in [0.05, 0.1) is 11.1 Å². The first kappa shape index (κ1) is 17.4. The molecule has 3 heterocycles. The maximum atomic E-state index is 12.7. The third-order valence-corrected chi connectivity index (χ3v) is 5.09. The molecule has 27 heavy (non-hydrogen) atoms. The average Bonchev–Trinajstić information content (AvgIpc) is 3.12. The van der Waals surface area contributed by atoms with Crippen molar-refractivity contribution in [3.05, 3.63) is 52.0 Å². The number of likely N-dealkylation sites (tertiary alicyclic amines) is 1. The second-order valence-corrected chi connectivity index (χ2v) is 6.92. The first-order chi connectivity index (χ1) is 13.0. The van der Waals surface area contributed by atoms with E-state index in [0.29, 0.717) is 30.2 Å². The van der Waals surface area contributed by atoms with Crippen LogP contribution < -0.4 is 5.56 Å². The largest absolute Gasteiger partial charge is 0.341 e. The van der Waals surface area contributed by atoms with Gasteiger partial charge < -0.3 is 9.42 Å². The average molecular weight is 367 g/mol. The van der Waals surface area contributed by atoms with Gasteiger partial charge in [0.2, 0.25) is 11.8 Å². The number of nitrogens with zero attached hydrogens (tertiary/aromatic N) is 5. The molecule has 1 saturated heterocycles. The van der Waals surface area contributed by atoms with E-state index in [1.54, 1.807) is 17.9 Å². The van der Waals surface area contributed by atoms with Crippen molar-refractivity contribution < 1.29 is 9.32 Å². The zero-order valence-electron chi connectivity index (χ0n) is 15.4. The summed E-state index contributed by atoms with van der Waals surface area (Å²) in [7, 11) is 0. The second kappa shape index (κ2) is 6.94. The third kappa shape index (κ3) is 3.34. The van der Waals surface area contributed by atoms with Gasteiger partial charge in [-0.2, -0.15) is 10.1 Å². The molecule has 0 radical (unpaired) electrons. The molecule has 1 amide bonds. The van der Waals surface area contributed by atoms with E-state index in [1.807, 2.05) is 25.1 Å². The number of carbonyl (C=O) groups excluding carboxylic acids is 1. The number of carbonyl (C=O) groups is 1. The molecular weight excluding hydrogens is 346 g/mol. The van der Waals surface area contributed by atoms with E-state index < -0.39 is 0 Å². The summed E-state index contributed by atoms with van der Waals surface area (Å²) >= 11 is 0. The molecule has 0 saturated carbocycles. The number of aromatic nitrogens is 4. The maximum Gasteiger partial charge on any atom is 0.275 e. The molecule has 8 nitrogen and oxygen atoms in total. The van der Waals surface area contributed by atoms with Crippen LogP contribution in [0.25, 0.3) is 10.8 Å². The minimum Gasteiger partial charge on any atom is -0.341 e. The standard InChI is InChI=1S/C19H21N5O3/c1-12-15-5-3-4-6-16(15)19(26)24(21-12)11-17(25)23-9-7-14(8-10-23)18-20-13(2)27-22-18/h3-6,14H,7-11H2,1-2H3. The molecule has 0 N–H and O–H groups in total. The van der Waals surface area contributed by atoms with Crippen LogP contribution in [0.3, 0.4) is 0 Å². The Bertz CT molecular complexity index is 1050. The highest BCUT2D eigenvalue weighted by Crippen LogP contribution is 2.26. The van der Waals surface area contributed by atoms with Crippen molar-refractivity contribution in [2.24, 2.45) is 0 Å². The van der Waals surface area contributed by atoms with Crippen LogP contribution in [-0.2, 0) is 11.3 Å². The van der Waals surface area contributed by atoms with Crippen LogP contribution in [0.2, 0.25) is 0 Å². The summed E-state index contributed by atoms with van der Waals surface area (Å²) in [6.07, 6.45) is 1.56. The first-order valence-corrected chi connectivity index (χ1v) is 9.07. The van der Waals surface area contributed by atoms with E-state index in [2.05, 4.69) is 15.2 Å². The highest BCUT2D eigenvalue weighted by molar-refractivity contribution is 5.83. The summed E-state index contributed by atoms with van der Waals surface area (Å²) in [6.45, 7) is 4.79. The Morgan fingerprint density at radius 3 is 2.56 bits per heavy atom. The number of hydrogen-bond acceptors (Lipinski definition) is 6. The van der Waals surface area contributed by atoms with Gasteiger partial charge in [-0.1, -0.05) is 23.4 Å². The molecule has 1 aliphatic heterocycles. The Hall–Kier alpha value is -3.03. The fourth-order valence-electron chi connectivity index (χ4n) is 3.61. The number of piperidine rings is 1. The predicted octanol–water partition coefficient (Wildman–Crippen LogP) is 1.80. The number of fused-ring (bicyclic) bond motifs is 1. The topological polar surface area (TPSA) is 94.1 Å². The van der Waals surface area contributed by atoms with Gasteiger partial charge in [0.25, 0.3) is 5.56 Å². The lowest BCUT2D eigenvalue weighted by molar-refractivity contribution is -0.133. The smallest absolute Gasteiger partial charge is 0.275 e. The molecule has 4 rings (SSSR count). The summed E-state index contributed by atoms with van der Waals surface area (Å²) in [5.74, 6) is 1.38. The molecule has 8 heteroatoms. The Labute approximate surface area is 155 Å². The van der Waals surface area contributed by atoms with Gasteiger partial charge in [0.1, 0.15) is 6.54 Å². The number of hydrogen-bond donors (Lipinski definition) is 0. The van der Waals surface area contributed by atoms with Crippen LogP contribution in [0.1, 0.15) is 36.2 Å². The molecular formula is C19H21N5O3. The van der Waals surface area contributed by atoms with Gasteiger partial charge in [0.15, 0.2) is 5.82 Å². The van der Waals surface area contributed by atoms with Crippen LogP contribution in [-0.4, -0.2) is 43.8 Å². The molecule has 0 bridgehead atoms. The lowest BCUT2D eigenvalue weighted by Crippen LogP contribution is -2.42. The van der Waals surface area contributed by atoms with Crippen molar-refractivity contribution in [3.8, 4) is 0 Å². The van der Waals surface area contributed by atoms with E-state index in [1.165, 1.54) is 4.68 Å². The van der Waals surface area contributed by atoms with E-state index in [-0.39, 0.29) is 23.9 Å². The summed E-state index contributed by atoms with van der Waals surface area (Å²) in [5, 5.41) is 9.72. The normalized spacial score (nSPS) is 15.4. The summed E-state index contributed by atoms with van der Waals surface area (Å²) in [4.78, 5) is 31.4. The highest BCUT2D eigenvalue weighted by Gasteiger charge is 2.27. The molecule has 1 fully saturated rings. The van der Waals surface area contributed by atoms with Gasteiger partial charge in [-0.05, 0) is 25.8 Å². The quantitative estimate of drug-likeness (QED) is 0.701. The van der Waals surface area contributed by atoms with Crippen molar-refractivity contribution in [2.45, 2.75) is 39.2 Å². The van der Waals surface area contributed by atoms with E-state index in [4.69, 9.17) is 4.52 Å². The Morgan fingerprint density at radius 2 is 1.89 bits per heavy atom. The summed E-state index contributed by atoms with van der Waals surface area (Å²) in [5.41, 5.74) is 0.505. The van der Waals surface area contributed by atoms with Crippen molar-refractivity contribution in [3.63, 3.8) is 0 Å². The van der Waals surface area contributed by atoms with Crippen LogP contribution in [0, 0.1) is 13.8 Å². The van der Waals surface area contributed by atoms with Crippen molar-refractivity contribution in [1.82, 2.24) is 24.8 Å².